The molecule has 7 rings (SSSR count). The van der Waals surface area contributed by atoms with E-state index < -0.39 is 0 Å². The summed E-state index contributed by atoms with van der Waals surface area (Å²) in [4.78, 5) is 17.3. The van der Waals surface area contributed by atoms with E-state index >= 15 is 0 Å². The van der Waals surface area contributed by atoms with Crippen molar-refractivity contribution in [2.45, 2.75) is 6.42 Å². The lowest BCUT2D eigenvalue weighted by Gasteiger charge is -2.04. The third-order valence-corrected chi connectivity index (χ3v) is 7.15. The van der Waals surface area contributed by atoms with Crippen LogP contribution in [0.2, 0.25) is 0 Å². The molecule has 2 aliphatic heterocycles. The Morgan fingerprint density at radius 2 is 1.22 bits per heavy atom. The van der Waals surface area contributed by atoms with E-state index in [1.165, 1.54) is 0 Å². The second-order valence-electron chi connectivity index (χ2n) is 9.86. The Bertz CT molecular complexity index is 2020. The molecule has 0 amide bonds. The van der Waals surface area contributed by atoms with Crippen LogP contribution in [0.3, 0.4) is 0 Å². The van der Waals surface area contributed by atoms with Crippen LogP contribution in [0.1, 0.15) is 34.8 Å². The summed E-state index contributed by atoms with van der Waals surface area (Å²) in [6, 6.07) is 30.9. The average Bonchev–Trinajstić information content (AvgIpc) is 3.83. The van der Waals surface area contributed by atoms with Gasteiger partial charge in [0.25, 0.3) is 0 Å². The van der Waals surface area contributed by atoms with Crippen LogP contribution in [-0.4, -0.2) is 31.6 Å². The molecule has 41 heavy (non-hydrogen) atoms. The molecule has 196 valence electrons. The number of benzene rings is 2. The van der Waals surface area contributed by atoms with E-state index in [1.807, 2.05) is 60.7 Å². The second-order valence-corrected chi connectivity index (χ2v) is 9.86. The molecule has 0 saturated heterocycles. The summed E-state index contributed by atoms with van der Waals surface area (Å²) >= 11 is 0. The summed E-state index contributed by atoms with van der Waals surface area (Å²) in [6.45, 7) is 0.00494. The van der Waals surface area contributed by atoms with Crippen LogP contribution in [0.4, 0.5) is 0 Å². The molecule has 5 nitrogen and oxygen atoms in total. The van der Waals surface area contributed by atoms with E-state index in [9.17, 15) is 5.11 Å². The van der Waals surface area contributed by atoms with E-state index in [0.717, 1.165) is 72.7 Å². The summed E-state index contributed by atoms with van der Waals surface area (Å²) in [6.07, 6.45) is 8.56. The summed E-state index contributed by atoms with van der Waals surface area (Å²) in [5, 5.41) is 9.41. The van der Waals surface area contributed by atoms with Crippen LogP contribution < -0.4 is 0 Å². The number of nitrogens with one attached hydrogen (secondary N) is 2. The molecular weight excluding hydrogens is 504 g/mol. The van der Waals surface area contributed by atoms with Crippen LogP contribution in [0, 0.1) is 11.8 Å². The maximum atomic E-state index is 9.41. The van der Waals surface area contributed by atoms with Crippen molar-refractivity contribution >= 4 is 46.4 Å². The van der Waals surface area contributed by atoms with E-state index in [4.69, 9.17) is 9.97 Å². The smallest absolute Gasteiger partial charge is 0.0815 e. The molecule has 0 saturated carbocycles. The number of rotatable bonds is 3. The molecule has 5 aromatic rings. The minimum Gasteiger partial charge on any atom is -0.395 e. The number of fused-ring (bicyclic) bond motifs is 8. The maximum Gasteiger partial charge on any atom is 0.0815 e. The summed E-state index contributed by atoms with van der Waals surface area (Å²) in [5.74, 6) is 6.40. The van der Waals surface area contributed by atoms with Crippen LogP contribution in [0.25, 0.3) is 68.6 Å². The van der Waals surface area contributed by atoms with E-state index in [2.05, 4.69) is 76.4 Å². The number of aromatic nitrogens is 4. The van der Waals surface area contributed by atoms with Gasteiger partial charge in [0.1, 0.15) is 0 Å². The first-order valence-corrected chi connectivity index (χ1v) is 13.6. The van der Waals surface area contributed by atoms with Gasteiger partial charge in [-0.15, -0.1) is 0 Å². The molecule has 5 heteroatoms. The molecular formula is C36H26N4O. The minimum atomic E-state index is 0.00494. The quantitative estimate of drug-likeness (QED) is 0.205. The van der Waals surface area contributed by atoms with Gasteiger partial charge in [0.15, 0.2) is 0 Å². The van der Waals surface area contributed by atoms with Crippen LogP contribution in [0.5, 0.6) is 0 Å². The monoisotopic (exact) mass is 530 g/mol. The van der Waals surface area contributed by atoms with E-state index in [-0.39, 0.29) is 6.61 Å². The maximum absolute atomic E-state index is 9.41. The van der Waals surface area contributed by atoms with Crippen molar-refractivity contribution in [1.29, 1.82) is 0 Å². The zero-order chi connectivity index (χ0) is 27.6. The molecule has 0 atom stereocenters. The molecule has 0 unspecified atom stereocenters. The van der Waals surface area contributed by atoms with Crippen molar-refractivity contribution in [1.82, 2.24) is 19.9 Å². The first-order chi connectivity index (χ1) is 20.3. The summed E-state index contributed by atoms with van der Waals surface area (Å²) in [5.41, 5.74) is 12.0. The number of H-pyrrole nitrogens is 2. The lowest BCUT2D eigenvalue weighted by atomic mass is 10.0. The number of hydrogen-bond donors (Lipinski definition) is 3. The Morgan fingerprint density at radius 3 is 1.95 bits per heavy atom. The average molecular weight is 531 g/mol. The molecule has 0 fully saturated rings. The van der Waals surface area contributed by atoms with Crippen molar-refractivity contribution in [3.63, 3.8) is 0 Å². The van der Waals surface area contributed by atoms with Crippen molar-refractivity contribution < 1.29 is 5.11 Å². The highest BCUT2D eigenvalue weighted by Gasteiger charge is 2.15. The lowest BCUT2D eigenvalue weighted by molar-refractivity contribution is 0.305. The number of nitrogens with zero attached hydrogens (tertiary/aromatic N) is 2. The standard InChI is InChI=1S/C36H26N4O/c41-22-8-7-13-28-29-18-20-33(39-29)35(24-9-3-1-4-10-24)31-16-14-26(37-31)23-27-15-17-32(38-27)36(25-11-5-2-6-12-25)34-21-19-30(28)40-34/h1-6,9-12,14-21,23,37,40-41H,8,22H2. The van der Waals surface area contributed by atoms with Gasteiger partial charge in [0.05, 0.1) is 40.5 Å². The SMILES string of the molecule is OCCC#Cc1c2nc(c(-c3ccccc3)c3ccc(cc4nc(c(-c5ccccc5)c5ccc1[nH]5)C=C4)[nH]3)C=C2. The second kappa shape index (κ2) is 10.6. The summed E-state index contributed by atoms with van der Waals surface area (Å²) in [7, 11) is 0. The molecule has 3 N–H and O–H groups in total. The molecule has 2 aliphatic rings. The van der Waals surface area contributed by atoms with Gasteiger partial charge in [-0.25, -0.2) is 9.97 Å². The van der Waals surface area contributed by atoms with Gasteiger partial charge in [0.2, 0.25) is 0 Å². The van der Waals surface area contributed by atoms with Crippen LogP contribution in [0.15, 0.2) is 91.0 Å². The minimum absolute atomic E-state index is 0.00494. The summed E-state index contributed by atoms with van der Waals surface area (Å²) < 4.78 is 0. The predicted octanol–water partition coefficient (Wildman–Crippen LogP) is 7.72. The molecule has 0 radical (unpaired) electrons. The Kier molecular flexibility index (Phi) is 6.37. The zero-order valence-electron chi connectivity index (χ0n) is 22.2. The molecule has 0 aliphatic carbocycles. The first kappa shape index (κ1) is 24.6. The molecule has 0 spiro atoms. The Balaban J connectivity index is 1.63. The fourth-order valence-corrected chi connectivity index (χ4v) is 5.29. The molecule has 2 aromatic carbocycles. The number of aliphatic hydroxyl groups excluding tert-OH is 1. The molecule has 5 heterocycles. The zero-order valence-corrected chi connectivity index (χ0v) is 22.2. The Morgan fingerprint density at radius 1 is 0.610 bits per heavy atom. The number of aromatic amines is 2. The van der Waals surface area contributed by atoms with Gasteiger partial charge in [-0.3, -0.25) is 0 Å². The van der Waals surface area contributed by atoms with Gasteiger partial charge >= 0.3 is 0 Å². The highest BCUT2D eigenvalue weighted by Crippen LogP contribution is 2.33. The van der Waals surface area contributed by atoms with Gasteiger partial charge in [-0.2, -0.15) is 0 Å². The van der Waals surface area contributed by atoms with Gasteiger partial charge in [0, 0.05) is 34.1 Å². The van der Waals surface area contributed by atoms with Crippen molar-refractivity contribution in [3.05, 3.63) is 119 Å². The topological polar surface area (TPSA) is 77.6 Å². The number of hydrogen-bond acceptors (Lipinski definition) is 3. The van der Waals surface area contributed by atoms with Crippen molar-refractivity contribution in [3.8, 4) is 34.1 Å². The predicted molar refractivity (Wildman–Crippen MR) is 168 cm³/mol. The fraction of sp³-hybridized carbons (Fsp3) is 0.0556. The normalized spacial score (nSPS) is 11.8. The Labute approximate surface area is 237 Å². The first-order valence-electron chi connectivity index (χ1n) is 13.6. The van der Waals surface area contributed by atoms with Gasteiger partial charge < -0.3 is 15.1 Å². The fourth-order valence-electron chi connectivity index (χ4n) is 5.29. The highest BCUT2D eigenvalue weighted by atomic mass is 16.2. The van der Waals surface area contributed by atoms with Gasteiger partial charge in [-0.1, -0.05) is 72.5 Å². The van der Waals surface area contributed by atoms with E-state index in [0.29, 0.717) is 6.42 Å². The largest absolute Gasteiger partial charge is 0.395 e. The van der Waals surface area contributed by atoms with E-state index in [1.54, 1.807) is 0 Å². The third kappa shape index (κ3) is 4.78. The van der Waals surface area contributed by atoms with Gasteiger partial charge in [-0.05, 0) is 65.8 Å². The van der Waals surface area contributed by atoms with Crippen molar-refractivity contribution in [2.75, 3.05) is 6.61 Å². The van der Waals surface area contributed by atoms with Crippen LogP contribution in [-0.2, 0) is 0 Å². The third-order valence-electron chi connectivity index (χ3n) is 7.15. The Hall–Kier alpha value is -5.44. The molecule has 8 bridgehead atoms. The van der Waals surface area contributed by atoms with Crippen molar-refractivity contribution in [2.24, 2.45) is 0 Å². The molecule has 3 aromatic heterocycles. The number of aliphatic hydroxyl groups is 1. The lowest BCUT2D eigenvalue weighted by Crippen LogP contribution is -1.88. The van der Waals surface area contributed by atoms with Crippen LogP contribution >= 0.6 is 0 Å². The highest BCUT2D eigenvalue weighted by molar-refractivity contribution is 5.94.